The molecule has 0 aliphatic heterocycles. The predicted octanol–water partition coefficient (Wildman–Crippen LogP) is 2.01. The molecule has 1 aromatic rings. The van der Waals surface area contributed by atoms with Crippen LogP contribution in [-0.4, -0.2) is 34.9 Å². The lowest BCUT2D eigenvalue weighted by atomic mass is 10.2. The van der Waals surface area contributed by atoms with Gasteiger partial charge in [0.2, 0.25) is 10.0 Å². The molecule has 0 atom stereocenters. The van der Waals surface area contributed by atoms with Gasteiger partial charge < -0.3 is 10.1 Å². The van der Waals surface area contributed by atoms with E-state index in [1.807, 2.05) is 0 Å². The van der Waals surface area contributed by atoms with Gasteiger partial charge in [-0.05, 0) is 38.6 Å². The predicted molar refractivity (Wildman–Crippen MR) is 78.7 cm³/mol. The number of aryl methyl sites for hydroxylation is 1. The highest BCUT2D eigenvalue weighted by Crippen LogP contribution is 2.31. The Hall–Kier alpha value is -0.980. The van der Waals surface area contributed by atoms with Crippen molar-refractivity contribution in [3.8, 4) is 5.75 Å². The summed E-state index contributed by atoms with van der Waals surface area (Å²) in [5.41, 5.74) is 1.20. The third-order valence-corrected chi connectivity index (χ3v) is 4.35. The minimum Gasteiger partial charge on any atom is -0.495 e. The van der Waals surface area contributed by atoms with E-state index in [4.69, 9.17) is 16.3 Å². The Bertz CT molecular complexity index is 532. The quantitative estimate of drug-likeness (QED) is 0.756. The van der Waals surface area contributed by atoms with Crippen molar-refractivity contribution in [2.45, 2.75) is 13.3 Å². The topological polar surface area (TPSA) is 67.4 Å². The number of hydrogen-bond donors (Lipinski definition) is 2. The molecule has 1 aromatic carbocycles. The molecule has 5 nitrogen and oxygen atoms in total. The molecule has 0 aliphatic carbocycles. The van der Waals surface area contributed by atoms with Crippen LogP contribution in [0.15, 0.2) is 12.1 Å². The minimum atomic E-state index is -3.38. The van der Waals surface area contributed by atoms with Gasteiger partial charge in [-0.25, -0.2) is 8.42 Å². The van der Waals surface area contributed by atoms with Crippen molar-refractivity contribution in [3.63, 3.8) is 0 Å². The van der Waals surface area contributed by atoms with Gasteiger partial charge in [0.15, 0.2) is 0 Å². The van der Waals surface area contributed by atoms with Crippen molar-refractivity contribution in [2.75, 3.05) is 31.2 Å². The fourth-order valence-corrected chi connectivity index (χ4v) is 2.84. The molecule has 0 heterocycles. The molecule has 0 saturated heterocycles. The van der Waals surface area contributed by atoms with Crippen LogP contribution in [-0.2, 0) is 10.0 Å². The Morgan fingerprint density at radius 3 is 2.63 bits per heavy atom. The van der Waals surface area contributed by atoms with Crippen molar-refractivity contribution < 1.29 is 13.2 Å². The molecule has 0 unspecified atom stereocenters. The maximum Gasteiger partial charge on any atom is 0.232 e. The Kier molecular flexibility index (Phi) is 5.90. The second-order valence-electron chi connectivity index (χ2n) is 4.18. The molecular formula is C12H19ClN2O3S. The molecule has 0 saturated carbocycles. The zero-order valence-electron chi connectivity index (χ0n) is 11.3. The van der Waals surface area contributed by atoms with Crippen molar-refractivity contribution >= 4 is 27.3 Å². The van der Waals surface area contributed by atoms with Crippen molar-refractivity contribution in [2.24, 2.45) is 0 Å². The van der Waals surface area contributed by atoms with Crippen molar-refractivity contribution in [1.29, 1.82) is 0 Å². The normalized spacial score (nSPS) is 11.4. The summed E-state index contributed by atoms with van der Waals surface area (Å²) in [6.07, 6.45) is 0.542. The van der Waals surface area contributed by atoms with Crippen LogP contribution in [0.5, 0.6) is 5.75 Å². The summed E-state index contributed by atoms with van der Waals surface area (Å²) in [6.45, 7) is 2.46. The van der Waals surface area contributed by atoms with Gasteiger partial charge >= 0.3 is 0 Å². The number of anilines is 1. The highest BCUT2D eigenvalue weighted by atomic mass is 35.5. The summed E-state index contributed by atoms with van der Waals surface area (Å²) in [5, 5.41) is 3.45. The van der Waals surface area contributed by atoms with Crippen LogP contribution in [0.4, 0.5) is 5.69 Å². The van der Waals surface area contributed by atoms with Crippen molar-refractivity contribution in [1.82, 2.24) is 5.32 Å². The smallest absolute Gasteiger partial charge is 0.232 e. The molecule has 0 aromatic heterocycles. The lowest BCUT2D eigenvalue weighted by Gasteiger charge is -2.13. The number of benzene rings is 1. The van der Waals surface area contributed by atoms with E-state index in [0.29, 0.717) is 29.4 Å². The van der Waals surface area contributed by atoms with E-state index >= 15 is 0 Å². The van der Waals surface area contributed by atoms with Crippen LogP contribution < -0.4 is 14.8 Å². The summed E-state index contributed by atoms with van der Waals surface area (Å²) in [6, 6.07) is 3.26. The number of sulfonamides is 1. The summed E-state index contributed by atoms with van der Waals surface area (Å²) >= 11 is 5.97. The molecule has 0 bridgehead atoms. The fraction of sp³-hybridized carbons (Fsp3) is 0.500. The van der Waals surface area contributed by atoms with E-state index in [1.165, 1.54) is 7.11 Å². The van der Waals surface area contributed by atoms with Gasteiger partial charge in [-0.15, -0.1) is 0 Å². The number of rotatable bonds is 7. The molecule has 1 rings (SSSR count). The summed E-state index contributed by atoms with van der Waals surface area (Å²) in [7, 11) is -0.127. The van der Waals surface area contributed by atoms with Crippen LogP contribution in [0.1, 0.15) is 12.0 Å². The van der Waals surface area contributed by atoms with E-state index in [2.05, 4.69) is 10.0 Å². The maximum atomic E-state index is 11.9. The van der Waals surface area contributed by atoms with Crippen LogP contribution in [0.25, 0.3) is 0 Å². The van der Waals surface area contributed by atoms with E-state index in [1.54, 1.807) is 26.1 Å². The van der Waals surface area contributed by atoms with Gasteiger partial charge in [-0.3, -0.25) is 4.72 Å². The monoisotopic (exact) mass is 306 g/mol. The van der Waals surface area contributed by atoms with Crippen LogP contribution in [0.3, 0.4) is 0 Å². The number of nitrogens with one attached hydrogen (secondary N) is 2. The zero-order valence-corrected chi connectivity index (χ0v) is 12.9. The summed E-state index contributed by atoms with van der Waals surface area (Å²) < 4.78 is 31.5. The largest absolute Gasteiger partial charge is 0.495 e. The molecule has 108 valence electrons. The second kappa shape index (κ2) is 6.98. The van der Waals surface area contributed by atoms with Gasteiger partial charge in [0.25, 0.3) is 0 Å². The fourth-order valence-electron chi connectivity index (χ4n) is 1.57. The lowest BCUT2D eigenvalue weighted by Crippen LogP contribution is -2.20. The molecule has 2 N–H and O–H groups in total. The van der Waals surface area contributed by atoms with Crippen LogP contribution >= 0.6 is 11.6 Å². The Morgan fingerprint density at radius 1 is 1.37 bits per heavy atom. The minimum absolute atomic E-state index is 0.0542. The number of halogens is 1. The van der Waals surface area contributed by atoms with Gasteiger partial charge in [0.05, 0.1) is 18.6 Å². The highest BCUT2D eigenvalue weighted by Gasteiger charge is 2.14. The first kappa shape index (κ1) is 16.1. The summed E-state index contributed by atoms with van der Waals surface area (Å²) in [4.78, 5) is 0. The van der Waals surface area contributed by atoms with Gasteiger partial charge in [-0.1, -0.05) is 11.6 Å². The zero-order chi connectivity index (χ0) is 14.5. The number of methoxy groups -OCH3 is 1. The molecule has 7 heteroatoms. The molecule has 0 amide bonds. The van der Waals surface area contributed by atoms with Gasteiger partial charge in [0, 0.05) is 11.1 Å². The van der Waals surface area contributed by atoms with Crippen LogP contribution in [0.2, 0.25) is 5.02 Å². The van der Waals surface area contributed by atoms with E-state index in [-0.39, 0.29) is 5.75 Å². The Labute approximate surface area is 119 Å². The summed E-state index contributed by atoms with van der Waals surface area (Å²) in [5.74, 6) is 0.464. The molecule has 0 spiro atoms. The molecule has 19 heavy (non-hydrogen) atoms. The SMILES string of the molecule is CNCCCS(=O)(=O)Nc1cc(C)c(Cl)cc1OC. The Morgan fingerprint density at radius 2 is 2.05 bits per heavy atom. The second-order valence-corrected chi connectivity index (χ2v) is 6.43. The van der Waals surface area contributed by atoms with E-state index in [9.17, 15) is 8.42 Å². The Balaban J connectivity index is 2.89. The molecule has 0 aliphatic rings. The third kappa shape index (κ3) is 4.89. The van der Waals surface area contributed by atoms with Gasteiger partial charge in [-0.2, -0.15) is 0 Å². The maximum absolute atomic E-state index is 11.9. The number of hydrogen-bond acceptors (Lipinski definition) is 4. The van der Waals surface area contributed by atoms with Gasteiger partial charge in [0.1, 0.15) is 5.75 Å². The number of ether oxygens (including phenoxy) is 1. The molecular weight excluding hydrogens is 288 g/mol. The average Bonchev–Trinajstić information content (AvgIpc) is 2.33. The standard InChI is InChI=1S/C12H19ClN2O3S/c1-9-7-11(12(18-3)8-10(9)13)15-19(16,17)6-4-5-14-2/h7-8,14-15H,4-6H2,1-3H3. The molecule has 0 radical (unpaired) electrons. The van der Waals surface area contributed by atoms with E-state index < -0.39 is 10.0 Å². The third-order valence-electron chi connectivity index (χ3n) is 2.59. The van der Waals surface area contributed by atoms with Crippen LogP contribution in [0, 0.1) is 6.92 Å². The van der Waals surface area contributed by atoms with Crippen molar-refractivity contribution in [3.05, 3.63) is 22.7 Å². The highest BCUT2D eigenvalue weighted by molar-refractivity contribution is 7.92. The first-order chi connectivity index (χ1) is 8.89. The average molecular weight is 307 g/mol. The first-order valence-corrected chi connectivity index (χ1v) is 7.92. The van der Waals surface area contributed by atoms with E-state index in [0.717, 1.165) is 5.56 Å². The molecule has 0 fully saturated rings. The lowest BCUT2D eigenvalue weighted by molar-refractivity contribution is 0.417. The first-order valence-electron chi connectivity index (χ1n) is 5.89.